The number of amides is 4. The molecule has 41 nitrogen and oxygen atoms in total. The average molecular weight is 1950 g/mol. The van der Waals surface area contributed by atoms with E-state index in [1.165, 1.54) is 69.8 Å². The Morgan fingerprint density at radius 3 is 1.15 bits per heavy atom. The topological polar surface area (TPSA) is 530 Å². The molecule has 16 rings (SSSR count). The molecule has 0 fully saturated rings. The van der Waals surface area contributed by atoms with Gasteiger partial charge in [0.05, 0.1) is 74.7 Å². The van der Waals surface area contributed by atoms with Crippen LogP contribution in [0.3, 0.4) is 0 Å². The van der Waals surface area contributed by atoms with Gasteiger partial charge in [0.15, 0.2) is 34.4 Å². The summed E-state index contributed by atoms with van der Waals surface area (Å²) in [5.74, 6) is 4.10. The summed E-state index contributed by atoms with van der Waals surface area (Å²) >= 11 is 5.02. The highest BCUT2D eigenvalue weighted by atomic mass is 35.5. The predicted octanol–water partition coefficient (Wildman–Crippen LogP) is 12.8. The monoisotopic (exact) mass is 1950 g/mol. The molecule has 0 spiro atoms. The number of imidazole rings is 3. The third kappa shape index (κ3) is 26.2. The van der Waals surface area contributed by atoms with Crippen molar-refractivity contribution in [1.82, 2.24) is 77.1 Å². The Morgan fingerprint density at radius 2 is 0.775 bits per heavy atom. The number of nitrogens with zero attached hydrogens (tertiary/aromatic N) is 17. The van der Waals surface area contributed by atoms with Crippen LogP contribution in [0.25, 0.3) is 67.6 Å². The van der Waals surface area contributed by atoms with Crippen LogP contribution in [0.5, 0.6) is 28.7 Å². The van der Waals surface area contributed by atoms with Gasteiger partial charge in [-0.15, -0.1) is 0 Å². The largest absolute Gasteiger partial charge is 0.569 e. The van der Waals surface area contributed by atoms with Gasteiger partial charge in [-0.2, -0.15) is 0 Å². The van der Waals surface area contributed by atoms with Gasteiger partial charge in [-0.3, -0.25) is 43.6 Å². The van der Waals surface area contributed by atoms with Crippen molar-refractivity contribution < 1.29 is 62.1 Å². The van der Waals surface area contributed by atoms with Gasteiger partial charge < -0.3 is 81.9 Å². The van der Waals surface area contributed by atoms with Crippen molar-refractivity contribution in [2.75, 3.05) is 119 Å². The molecule has 4 amide bonds. The number of ether oxygens (including phenoxy) is 6. The van der Waals surface area contributed by atoms with Crippen molar-refractivity contribution in [3.8, 4) is 62.9 Å². The lowest BCUT2D eigenvalue weighted by molar-refractivity contribution is -0.116. The number of nitrogens with one attached hydrogen (secondary N) is 3. The second-order valence-electron chi connectivity index (χ2n) is 34.1. The van der Waals surface area contributed by atoms with E-state index in [1.807, 2.05) is 102 Å². The molecule has 8 heterocycles. The number of carbonyl (C=O) groups is 5. The standard InChI is InChI=1S/C25H27N7O3.C24H26N6O4.C19H18N6O2.C17H19N5O3.C8H10BO3.C6H10ClNO/c1-16-10-11-19(14-20(16)35-4)31-22-23(26)27-15-28-24(22)32(25(31)34)18-8-5-7-17(13-18)29-21(33)9-6-12-30(2)3;1-14-9-10-17(12-18(14)33-5)29-19-20(25)26-13-27-21(19)30(23(29)32)16-8-6-7-15(11-16)28-22(31)34-24(2,3)4;1-11-6-7-14(9-15(11)27-2)24-16-17(21)22-10-23-18(16)25(19(24)26)13-5-3-4-12(20)8-13;1-17(2,3)25-16(24)21-10-5-4-6-11(7-10)22-13(23)8-12-14(18)19-9-20-15(12)22;1-6-3-4-7(12-9-10)5-8(6)11-2;1-8(2)5-3-4-6(7)9/h5-11,13-15H,12H2,1-4H3,(H,29,33)(H2,26,27,28);6-13H,1-5H3,(H,28,31)(H2,25,26,27);3-10H,20H2,1-2H3,(H2,21,22,23);4-7,9H,8H2,1-3H3,(H,21,24)(H2,18,19,20);3-5,10H,1-2H3;3-4H,5H2,1-2H3/b9-6+;;;;;4-3+. The first-order chi connectivity index (χ1) is 67.5. The molecule has 0 saturated heterocycles. The highest BCUT2D eigenvalue weighted by molar-refractivity contribution is 6.66. The summed E-state index contributed by atoms with van der Waals surface area (Å²) < 4.78 is 45.3. The van der Waals surface area contributed by atoms with Crippen LogP contribution in [-0.4, -0.2) is 200 Å². The first-order valence-corrected chi connectivity index (χ1v) is 44.1. The molecule has 0 aliphatic carbocycles. The predicted molar refractivity (Wildman–Crippen MR) is 550 cm³/mol. The summed E-state index contributed by atoms with van der Waals surface area (Å²) in [7, 11) is 14.6. The number of anilines is 10. The van der Waals surface area contributed by atoms with Crippen LogP contribution in [-0.2, 0) is 30.3 Å². The Labute approximate surface area is 822 Å². The maximum atomic E-state index is 13.7. The van der Waals surface area contributed by atoms with E-state index < -0.39 is 34.3 Å². The minimum absolute atomic E-state index is 0.145. The van der Waals surface area contributed by atoms with Crippen molar-refractivity contribution in [3.63, 3.8) is 0 Å². The molecule has 43 heteroatoms. The van der Waals surface area contributed by atoms with E-state index in [2.05, 4.69) is 55.8 Å². The molecule has 8 aromatic carbocycles. The smallest absolute Gasteiger partial charge is 0.537 e. The third-order valence-corrected chi connectivity index (χ3v) is 20.8. The van der Waals surface area contributed by atoms with Gasteiger partial charge in [-0.1, -0.05) is 60.7 Å². The van der Waals surface area contributed by atoms with Crippen LogP contribution in [0.15, 0.2) is 234 Å². The number of rotatable bonds is 22. The highest BCUT2D eigenvalue weighted by Gasteiger charge is 2.33. The summed E-state index contributed by atoms with van der Waals surface area (Å²) in [4.78, 5) is 138. The number of likely N-dealkylation sites (N-methyl/N-ethyl adjacent to an activating group) is 2. The number of carbonyl (C=O) groups excluding carboxylic acids is 5. The lowest BCUT2D eigenvalue weighted by Gasteiger charge is -2.20. The van der Waals surface area contributed by atoms with E-state index in [0.29, 0.717) is 150 Å². The highest BCUT2D eigenvalue weighted by Crippen LogP contribution is 2.38. The fraction of sp³-hybridized carbons (Fsp3) is 0.232. The van der Waals surface area contributed by atoms with Crippen molar-refractivity contribution in [3.05, 3.63) is 279 Å². The van der Waals surface area contributed by atoms with Gasteiger partial charge in [0.25, 0.3) is 0 Å². The number of methoxy groups -OCH3 is 4. The molecular weight excluding hydrogens is 1840 g/mol. The first-order valence-electron chi connectivity index (χ1n) is 43.7. The fourth-order valence-corrected chi connectivity index (χ4v) is 14.4. The quantitative estimate of drug-likeness (QED) is 0.0132. The molecule has 0 atom stereocenters. The Morgan fingerprint density at radius 1 is 0.430 bits per heavy atom. The Kier molecular flexibility index (Phi) is 34.6. The van der Waals surface area contributed by atoms with Crippen molar-refractivity contribution in [1.29, 1.82) is 0 Å². The minimum Gasteiger partial charge on any atom is -0.537 e. The molecule has 15 aromatic rings. The zero-order valence-corrected chi connectivity index (χ0v) is 82.2. The number of nitrogen functional groups attached to an aromatic ring is 5. The number of allylic oxidation sites excluding steroid dienone is 1. The van der Waals surface area contributed by atoms with E-state index >= 15 is 0 Å². The van der Waals surface area contributed by atoms with Crippen LogP contribution in [0, 0.1) is 27.7 Å². The summed E-state index contributed by atoms with van der Waals surface area (Å²) in [6.07, 6.45) is 10.6. The maximum absolute atomic E-state index is 13.7. The van der Waals surface area contributed by atoms with Crippen molar-refractivity contribution in [2.24, 2.45) is 0 Å². The lowest BCUT2D eigenvalue weighted by Crippen LogP contribution is -2.27. The van der Waals surface area contributed by atoms with Crippen LogP contribution >= 0.6 is 11.6 Å². The molecule has 0 saturated carbocycles. The normalized spacial score (nSPS) is 11.5. The zero-order valence-electron chi connectivity index (χ0n) is 81.4. The van der Waals surface area contributed by atoms with E-state index in [-0.39, 0.29) is 47.1 Å². The average Bonchev–Trinajstić information content (AvgIpc) is 1.59. The van der Waals surface area contributed by atoms with Gasteiger partial charge >= 0.3 is 36.9 Å². The lowest BCUT2D eigenvalue weighted by atomic mass is 10.2. The summed E-state index contributed by atoms with van der Waals surface area (Å²) in [5, 5.41) is 16.1. The Bertz CT molecular complexity index is 7420. The molecule has 1 aliphatic heterocycles. The number of fused-ring (bicyclic) bond motifs is 4. The number of aromatic nitrogens is 14. The van der Waals surface area contributed by atoms with E-state index in [4.69, 9.17) is 78.4 Å². The molecule has 1 radical (unpaired) electrons. The summed E-state index contributed by atoms with van der Waals surface area (Å²) in [6.45, 7) is 19.8. The van der Waals surface area contributed by atoms with Gasteiger partial charge in [-0.05, 0) is 234 Å². The zero-order chi connectivity index (χ0) is 103. The molecule has 14 N–H and O–H groups in total. The fourth-order valence-electron chi connectivity index (χ4n) is 14.3. The van der Waals surface area contributed by atoms with E-state index in [9.17, 15) is 38.4 Å². The van der Waals surface area contributed by atoms with Crippen LogP contribution in [0.4, 0.5) is 67.1 Å². The SMILES string of the molecule is CC(C)(C)OC(=O)Nc1cccc(N2C(=O)Cc3c(N)ncnc32)c1.CN(C)C/C=C/C(=O)Cl.COc1cc(-n2c(=O)n(-c3cccc(N)c3)c3ncnc(N)c32)ccc1C.COc1cc(-n2c(=O)n(-c3cccc(NC(=O)/C=C/CN(C)C)c3)c3ncnc(N)c32)ccc1C.COc1cc(-n2c(=O)n(-c3cccc(NC(=O)OC(C)(C)C)c3)c3ncnc(N)c32)ccc1C.COc1cc(O[B]O)ccc1C. The van der Waals surface area contributed by atoms with Crippen LogP contribution in [0.2, 0.25) is 0 Å². The van der Waals surface area contributed by atoms with Crippen molar-refractivity contribution in [2.45, 2.75) is 86.9 Å². The molecule has 737 valence electrons. The van der Waals surface area contributed by atoms with E-state index in [0.717, 1.165) is 34.5 Å². The Hall–Kier alpha value is -17.2. The molecule has 7 aromatic heterocycles. The van der Waals surface area contributed by atoms with Gasteiger partial charge in [-0.25, -0.2) is 77.5 Å². The molecular formula is C99H110BClN25O16. The van der Waals surface area contributed by atoms with Gasteiger partial charge in [0.2, 0.25) is 17.1 Å². The summed E-state index contributed by atoms with van der Waals surface area (Å²) in [5.41, 5.74) is 40.5. The molecule has 0 bridgehead atoms. The van der Waals surface area contributed by atoms with Gasteiger partial charge in [0.1, 0.15) is 93.4 Å². The van der Waals surface area contributed by atoms with Crippen molar-refractivity contribution >= 4 is 140 Å². The minimum atomic E-state index is -0.643. The first kappa shape index (κ1) is 105. The van der Waals surface area contributed by atoms with Crippen LogP contribution < -0.4 is 90.2 Å². The van der Waals surface area contributed by atoms with Gasteiger partial charge in [0, 0.05) is 71.7 Å². The molecule has 1 aliphatic rings. The molecule has 0 unspecified atom stereocenters. The Balaban J connectivity index is 0.000000170. The number of hydrogen-bond acceptors (Lipinski definition) is 31. The summed E-state index contributed by atoms with van der Waals surface area (Å²) in [6, 6.07) is 49.4. The third-order valence-electron chi connectivity index (χ3n) is 20.7. The number of hydrogen-bond donors (Lipinski definition) is 9. The molecule has 142 heavy (non-hydrogen) atoms. The second kappa shape index (κ2) is 46.7. The number of aryl methyl sites for hydroxylation is 4. The second-order valence-corrected chi connectivity index (χ2v) is 34.4. The number of benzene rings is 8. The maximum Gasteiger partial charge on any atom is 0.569 e. The number of halogens is 1. The van der Waals surface area contributed by atoms with Crippen LogP contribution in [0.1, 0.15) is 69.4 Å². The number of nitrogens with two attached hydrogens (primary N) is 5. The van der Waals surface area contributed by atoms with E-state index in [1.54, 1.807) is 216 Å².